The van der Waals surface area contributed by atoms with Crippen molar-refractivity contribution in [3.8, 4) is 0 Å². The lowest BCUT2D eigenvalue weighted by molar-refractivity contribution is 0.00578. The third-order valence-electron chi connectivity index (χ3n) is 4.82. The number of benzene rings is 2. The van der Waals surface area contributed by atoms with E-state index in [1.165, 1.54) is 24.3 Å². The first-order chi connectivity index (χ1) is 12.2. The fourth-order valence-electron chi connectivity index (χ4n) is 2.60. The highest BCUT2D eigenvalue weighted by Crippen LogP contribution is 2.37. The summed E-state index contributed by atoms with van der Waals surface area (Å²) in [5, 5.41) is 5.47. The number of rotatable bonds is 3. The van der Waals surface area contributed by atoms with E-state index in [1.54, 1.807) is 6.07 Å². The molecule has 0 unspecified atom stereocenters. The quantitative estimate of drug-likeness (QED) is 0.823. The van der Waals surface area contributed by atoms with Gasteiger partial charge in [-0.3, -0.25) is 0 Å². The molecule has 7 heteroatoms. The molecule has 1 fully saturated rings. The first-order valence-corrected chi connectivity index (χ1v) is 8.46. The van der Waals surface area contributed by atoms with E-state index in [9.17, 15) is 9.18 Å². The van der Waals surface area contributed by atoms with Crippen LogP contribution in [0.5, 0.6) is 0 Å². The van der Waals surface area contributed by atoms with E-state index in [-0.39, 0.29) is 5.82 Å². The van der Waals surface area contributed by atoms with E-state index < -0.39 is 24.4 Å². The molecule has 1 saturated heterocycles. The molecule has 26 heavy (non-hydrogen) atoms. The van der Waals surface area contributed by atoms with Crippen molar-refractivity contribution in [1.82, 2.24) is 0 Å². The summed E-state index contributed by atoms with van der Waals surface area (Å²) in [6.07, 6.45) is 0. The molecule has 0 radical (unpaired) electrons. The summed E-state index contributed by atoms with van der Waals surface area (Å²) in [6, 6.07) is 12.5. The van der Waals surface area contributed by atoms with Crippen molar-refractivity contribution in [2.45, 2.75) is 38.9 Å². The maximum absolute atomic E-state index is 13.0. The molecule has 0 aliphatic carbocycles. The monoisotopic (exact) mass is 356 g/mol. The lowest BCUT2D eigenvalue weighted by Gasteiger charge is -2.32. The van der Waals surface area contributed by atoms with Crippen LogP contribution in [0, 0.1) is 5.82 Å². The Morgan fingerprint density at radius 2 is 1.50 bits per heavy atom. The molecule has 3 rings (SSSR count). The Morgan fingerprint density at radius 3 is 2.12 bits per heavy atom. The van der Waals surface area contributed by atoms with Crippen LogP contribution in [0.3, 0.4) is 0 Å². The van der Waals surface area contributed by atoms with E-state index in [1.807, 2.05) is 45.9 Å². The van der Waals surface area contributed by atoms with Crippen LogP contribution in [0.2, 0.25) is 0 Å². The highest BCUT2D eigenvalue weighted by Gasteiger charge is 2.52. The number of hydrogen-bond acceptors (Lipinski definition) is 3. The zero-order chi connectivity index (χ0) is 18.9. The SMILES string of the molecule is CC1(C)OB(c2ccccc2NC(=O)Nc2ccc(F)cc2)OC1(C)C. The number of urea groups is 1. The number of carbonyl (C=O) groups is 1. The number of nitrogens with one attached hydrogen (secondary N) is 2. The van der Waals surface area contributed by atoms with E-state index in [4.69, 9.17) is 9.31 Å². The fraction of sp³-hybridized carbons (Fsp3) is 0.316. The van der Waals surface area contributed by atoms with Crippen LogP contribution in [0.4, 0.5) is 20.6 Å². The summed E-state index contributed by atoms with van der Waals surface area (Å²) in [5.41, 5.74) is 0.880. The lowest BCUT2D eigenvalue weighted by Crippen LogP contribution is -2.41. The van der Waals surface area contributed by atoms with Crippen LogP contribution < -0.4 is 16.1 Å². The second kappa shape index (κ2) is 6.74. The third-order valence-corrected chi connectivity index (χ3v) is 4.82. The molecular weight excluding hydrogens is 334 g/mol. The molecule has 136 valence electrons. The second-order valence-electron chi connectivity index (χ2n) is 7.26. The normalized spacial score (nSPS) is 17.8. The highest BCUT2D eigenvalue weighted by molar-refractivity contribution is 6.64. The number of halogens is 1. The van der Waals surface area contributed by atoms with Gasteiger partial charge in [-0.2, -0.15) is 0 Å². The third kappa shape index (κ3) is 3.74. The van der Waals surface area contributed by atoms with Crippen molar-refractivity contribution in [3.63, 3.8) is 0 Å². The maximum Gasteiger partial charge on any atom is 0.496 e. The van der Waals surface area contributed by atoms with E-state index >= 15 is 0 Å². The van der Waals surface area contributed by atoms with Crippen LogP contribution in [-0.2, 0) is 9.31 Å². The molecule has 2 aromatic carbocycles. The van der Waals surface area contributed by atoms with Crippen LogP contribution in [-0.4, -0.2) is 24.4 Å². The van der Waals surface area contributed by atoms with Crippen LogP contribution in [0.15, 0.2) is 48.5 Å². The topological polar surface area (TPSA) is 59.6 Å². The summed E-state index contributed by atoms with van der Waals surface area (Å²) in [4.78, 5) is 12.3. The largest absolute Gasteiger partial charge is 0.496 e. The predicted octanol–water partition coefficient (Wildman–Crippen LogP) is 3.77. The van der Waals surface area contributed by atoms with Gasteiger partial charge < -0.3 is 19.9 Å². The number of anilines is 2. The van der Waals surface area contributed by atoms with Crippen molar-refractivity contribution in [2.24, 2.45) is 0 Å². The molecule has 1 aliphatic rings. The van der Waals surface area contributed by atoms with Crippen molar-refractivity contribution < 1.29 is 18.5 Å². The van der Waals surface area contributed by atoms with Crippen LogP contribution in [0.1, 0.15) is 27.7 Å². The molecule has 1 heterocycles. The van der Waals surface area contributed by atoms with Gasteiger partial charge in [0.1, 0.15) is 5.82 Å². The van der Waals surface area contributed by atoms with Gasteiger partial charge in [0.15, 0.2) is 0 Å². The van der Waals surface area contributed by atoms with E-state index in [0.717, 1.165) is 5.46 Å². The molecule has 2 amide bonds. The first kappa shape index (κ1) is 18.4. The molecule has 2 N–H and O–H groups in total. The minimum Gasteiger partial charge on any atom is -0.399 e. The smallest absolute Gasteiger partial charge is 0.399 e. The zero-order valence-electron chi connectivity index (χ0n) is 15.3. The molecule has 0 spiro atoms. The van der Waals surface area contributed by atoms with Crippen LogP contribution >= 0.6 is 0 Å². The summed E-state index contributed by atoms with van der Waals surface area (Å²) in [7, 11) is -0.581. The van der Waals surface area contributed by atoms with Gasteiger partial charge in [-0.1, -0.05) is 18.2 Å². The fourth-order valence-corrected chi connectivity index (χ4v) is 2.60. The Bertz CT molecular complexity index is 793. The summed E-state index contributed by atoms with van der Waals surface area (Å²) in [6.45, 7) is 7.91. The minimum absolute atomic E-state index is 0.359. The van der Waals surface area contributed by atoms with Gasteiger partial charge in [0.25, 0.3) is 0 Å². The standard InChI is InChI=1S/C19H22BFN2O3/c1-18(2)19(3,4)26-20(25-18)15-7-5-6-8-16(15)23-17(24)22-14-11-9-13(21)10-12-14/h5-12H,1-4H3,(H2,22,23,24). The Hall–Kier alpha value is -2.38. The highest BCUT2D eigenvalue weighted by atomic mass is 19.1. The molecular formula is C19H22BFN2O3. The predicted molar refractivity (Wildman–Crippen MR) is 101 cm³/mol. The maximum atomic E-state index is 13.0. The first-order valence-electron chi connectivity index (χ1n) is 8.46. The van der Waals surface area contributed by atoms with Gasteiger partial charge in [-0.25, -0.2) is 9.18 Å². The summed E-state index contributed by atoms with van der Waals surface area (Å²) in [5.74, 6) is -0.359. The molecule has 1 aliphatic heterocycles. The average Bonchev–Trinajstić information content (AvgIpc) is 2.78. The number of amides is 2. The van der Waals surface area contributed by atoms with Crippen LogP contribution in [0.25, 0.3) is 0 Å². The molecule has 0 atom stereocenters. The van der Waals surface area contributed by atoms with Gasteiger partial charge >= 0.3 is 13.1 Å². The molecule has 0 bridgehead atoms. The zero-order valence-corrected chi connectivity index (χ0v) is 15.3. The van der Waals surface area contributed by atoms with E-state index in [0.29, 0.717) is 11.4 Å². The van der Waals surface area contributed by atoms with Crippen molar-refractivity contribution in [2.75, 3.05) is 10.6 Å². The Labute approximate surface area is 153 Å². The summed E-state index contributed by atoms with van der Waals surface area (Å²) >= 11 is 0. The van der Waals surface area contributed by atoms with Crippen molar-refractivity contribution in [3.05, 3.63) is 54.3 Å². The van der Waals surface area contributed by atoms with Crippen molar-refractivity contribution >= 4 is 30.0 Å². The molecule has 2 aromatic rings. The Kier molecular flexibility index (Phi) is 4.77. The number of carbonyl (C=O) groups excluding carboxylic acids is 1. The molecule has 5 nitrogen and oxygen atoms in total. The molecule has 0 saturated carbocycles. The number of hydrogen-bond donors (Lipinski definition) is 2. The van der Waals surface area contributed by atoms with Crippen molar-refractivity contribution in [1.29, 1.82) is 0 Å². The van der Waals surface area contributed by atoms with Gasteiger partial charge in [-0.15, -0.1) is 0 Å². The van der Waals surface area contributed by atoms with Gasteiger partial charge in [0, 0.05) is 16.8 Å². The van der Waals surface area contributed by atoms with Gasteiger partial charge in [0.05, 0.1) is 11.2 Å². The second-order valence-corrected chi connectivity index (χ2v) is 7.26. The average molecular weight is 356 g/mol. The Balaban J connectivity index is 1.75. The van der Waals surface area contributed by atoms with E-state index in [2.05, 4.69) is 10.6 Å². The number of para-hydroxylation sites is 1. The lowest BCUT2D eigenvalue weighted by atomic mass is 9.78. The van der Waals surface area contributed by atoms with Gasteiger partial charge in [-0.05, 0) is 58.0 Å². The van der Waals surface area contributed by atoms with Gasteiger partial charge in [0.2, 0.25) is 0 Å². The molecule has 0 aromatic heterocycles. The summed E-state index contributed by atoms with van der Waals surface area (Å²) < 4.78 is 25.1. The Morgan fingerprint density at radius 1 is 0.923 bits per heavy atom. The minimum atomic E-state index is -0.581.